The Labute approximate surface area is 238 Å². The number of carbonyl (C=O) groups is 4. The number of hydrogen-bond acceptors (Lipinski definition) is 9. The van der Waals surface area contributed by atoms with E-state index in [9.17, 15) is 39.6 Å². The van der Waals surface area contributed by atoms with Gasteiger partial charge in [-0.3, -0.25) is 24.1 Å². The quantitative estimate of drug-likeness (QED) is 0.233. The number of nitrogens with two attached hydrogens (primary N) is 1. The maximum absolute atomic E-state index is 14.0. The number of nitrogens with one attached hydrogen (secondary N) is 1. The molecule has 1 aromatic rings. The Bertz CT molecular complexity index is 1460. The fraction of sp³-hybridized carbons (Fsp3) is 0.467. The zero-order valence-corrected chi connectivity index (χ0v) is 24.1. The van der Waals surface area contributed by atoms with Crippen LogP contribution in [0.5, 0.6) is 5.75 Å². The number of ketones is 2. The lowest BCUT2D eigenvalue weighted by Gasteiger charge is -2.54. The van der Waals surface area contributed by atoms with Crippen molar-refractivity contribution >= 4 is 29.5 Å². The molecule has 0 spiro atoms. The summed E-state index contributed by atoms with van der Waals surface area (Å²) in [5, 5.41) is 48.4. The topological polar surface area (TPSA) is 190 Å². The van der Waals surface area contributed by atoms with Crippen molar-refractivity contribution in [2.45, 2.75) is 58.2 Å². The van der Waals surface area contributed by atoms with Crippen molar-refractivity contribution in [3.05, 3.63) is 57.6 Å². The highest BCUT2D eigenvalue weighted by Gasteiger charge is 2.65. The molecule has 0 heterocycles. The number of nitrogens with zero attached hydrogens (tertiary/aromatic N) is 1. The fourth-order valence-electron chi connectivity index (χ4n) is 6.68. The summed E-state index contributed by atoms with van der Waals surface area (Å²) in [7, 11) is 3.16. The second kappa shape index (κ2) is 9.85. The van der Waals surface area contributed by atoms with Gasteiger partial charge in [-0.1, -0.05) is 19.1 Å². The summed E-state index contributed by atoms with van der Waals surface area (Å²) in [6.07, 6.45) is 1.17. The minimum atomic E-state index is -1.98. The molecule has 0 radical (unpaired) electrons. The Balaban J connectivity index is 1.91. The van der Waals surface area contributed by atoms with Crippen LogP contribution in [0.3, 0.4) is 0 Å². The number of hydrogen-bond donors (Lipinski definition) is 6. The standard InChI is InChI=1S/C30H37N3O8/c1-12-14-10-8-13(9-11-15(34)32-29(2,3)4)22(35)17(14)23(36)18-16(12)24(37)20-21(33(6)7)25(38)19(28(31)41)27(40)30(20,5)26(18)39/h8-12,16,20-21,24,35,37-39H,1-7H3,(H2,31,41)(H,32,34)/b11-9-/t12-,16+,20+,21-,24-,30-/m0/s1. The van der Waals surface area contributed by atoms with Crippen LogP contribution in [0.2, 0.25) is 0 Å². The van der Waals surface area contributed by atoms with Gasteiger partial charge in [-0.25, -0.2) is 0 Å². The first-order chi connectivity index (χ1) is 18.9. The molecular formula is C30H37N3O8. The van der Waals surface area contributed by atoms with Gasteiger partial charge in [0, 0.05) is 34.6 Å². The minimum Gasteiger partial charge on any atom is -0.511 e. The van der Waals surface area contributed by atoms with E-state index in [2.05, 4.69) is 5.32 Å². The van der Waals surface area contributed by atoms with Crippen LogP contribution in [0.4, 0.5) is 0 Å². The highest BCUT2D eigenvalue weighted by Crippen LogP contribution is 2.58. The molecule has 0 aromatic heterocycles. The Morgan fingerprint density at radius 3 is 2.27 bits per heavy atom. The number of phenolic OH excluding ortho intramolecular Hbond substituents is 1. The lowest BCUT2D eigenvalue weighted by Crippen LogP contribution is -2.63. The summed E-state index contributed by atoms with van der Waals surface area (Å²) >= 11 is 0. The molecule has 41 heavy (non-hydrogen) atoms. The van der Waals surface area contributed by atoms with Gasteiger partial charge in [0.2, 0.25) is 5.91 Å². The third kappa shape index (κ3) is 4.43. The first-order valence-electron chi connectivity index (χ1n) is 13.3. The van der Waals surface area contributed by atoms with Gasteiger partial charge in [-0.05, 0) is 59.3 Å². The summed E-state index contributed by atoms with van der Waals surface area (Å²) in [5.74, 6) is -7.84. The summed E-state index contributed by atoms with van der Waals surface area (Å²) in [6.45, 7) is 8.49. The molecule has 7 N–H and O–H groups in total. The van der Waals surface area contributed by atoms with E-state index < -0.39 is 87.1 Å². The summed E-state index contributed by atoms with van der Waals surface area (Å²) in [4.78, 5) is 53.7. The summed E-state index contributed by atoms with van der Waals surface area (Å²) < 4.78 is 0. The molecule has 3 aliphatic carbocycles. The molecule has 0 aliphatic heterocycles. The third-order valence-electron chi connectivity index (χ3n) is 8.52. The highest BCUT2D eigenvalue weighted by atomic mass is 16.3. The third-order valence-corrected chi connectivity index (χ3v) is 8.52. The number of rotatable bonds is 4. The maximum Gasteiger partial charge on any atom is 0.255 e. The van der Waals surface area contributed by atoms with E-state index in [1.54, 1.807) is 33.2 Å². The van der Waals surface area contributed by atoms with Gasteiger partial charge in [-0.2, -0.15) is 0 Å². The molecule has 2 amide bonds. The molecule has 11 heteroatoms. The van der Waals surface area contributed by atoms with Gasteiger partial charge in [0.25, 0.3) is 5.91 Å². The number of Topliss-reactive ketones (excluding diaryl/α,β-unsaturated/α-hetero) is 2. The molecule has 0 saturated carbocycles. The van der Waals surface area contributed by atoms with E-state index in [-0.39, 0.29) is 16.7 Å². The molecule has 11 nitrogen and oxygen atoms in total. The number of aliphatic hydroxyl groups is 3. The molecular weight excluding hydrogens is 530 g/mol. The first kappa shape index (κ1) is 30.0. The van der Waals surface area contributed by atoms with Crippen molar-refractivity contribution in [3.8, 4) is 5.75 Å². The van der Waals surface area contributed by atoms with Crippen LogP contribution in [0.1, 0.15) is 62.0 Å². The second-order valence-corrected chi connectivity index (χ2v) is 12.5. The Morgan fingerprint density at radius 2 is 1.73 bits per heavy atom. The number of likely N-dealkylation sites (N-methyl/N-ethyl adjacent to an activating group) is 1. The van der Waals surface area contributed by atoms with E-state index in [0.717, 1.165) is 0 Å². The predicted octanol–water partition coefficient (Wildman–Crippen LogP) is 1.86. The van der Waals surface area contributed by atoms with Crippen LogP contribution in [0, 0.1) is 17.3 Å². The first-order valence-corrected chi connectivity index (χ1v) is 13.3. The number of primary amides is 1. The van der Waals surface area contributed by atoms with Crippen molar-refractivity contribution in [2.24, 2.45) is 23.0 Å². The van der Waals surface area contributed by atoms with Crippen molar-refractivity contribution in [3.63, 3.8) is 0 Å². The van der Waals surface area contributed by atoms with Gasteiger partial charge in [0.15, 0.2) is 11.6 Å². The van der Waals surface area contributed by atoms with Gasteiger partial charge < -0.3 is 31.5 Å². The molecule has 0 unspecified atom stereocenters. The van der Waals surface area contributed by atoms with E-state index in [0.29, 0.717) is 5.56 Å². The van der Waals surface area contributed by atoms with Crippen LogP contribution in [-0.4, -0.2) is 80.5 Å². The van der Waals surface area contributed by atoms with E-state index >= 15 is 0 Å². The van der Waals surface area contributed by atoms with Gasteiger partial charge >= 0.3 is 0 Å². The van der Waals surface area contributed by atoms with Crippen LogP contribution >= 0.6 is 0 Å². The molecule has 0 fully saturated rings. The zero-order chi connectivity index (χ0) is 30.9. The number of amides is 2. The number of phenols is 1. The Morgan fingerprint density at radius 1 is 1.12 bits per heavy atom. The largest absolute Gasteiger partial charge is 0.511 e. The van der Waals surface area contributed by atoms with Crippen molar-refractivity contribution in [1.29, 1.82) is 0 Å². The number of allylic oxidation sites excluding steroid dienone is 1. The number of aliphatic hydroxyl groups excluding tert-OH is 3. The molecule has 220 valence electrons. The monoisotopic (exact) mass is 567 g/mol. The Kier molecular flexibility index (Phi) is 7.21. The molecule has 1 aromatic carbocycles. The lowest BCUT2D eigenvalue weighted by atomic mass is 9.51. The van der Waals surface area contributed by atoms with Crippen LogP contribution in [-0.2, 0) is 14.4 Å². The number of benzene rings is 1. The highest BCUT2D eigenvalue weighted by molar-refractivity contribution is 6.23. The maximum atomic E-state index is 14.0. The number of carbonyl (C=O) groups excluding carboxylic acids is 4. The minimum absolute atomic E-state index is 0.121. The van der Waals surface area contributed by atoms with Gasteiger partial charge in [0.05, 0.1) is 23.1 Å². The smallest absolute Gasteiger partial charge is 0.255 e. The van der Waals surface area contributed by atoms with E-state index in [1.165, 1.54) is 24.0 Å². The van der Waals surface area contributed by atoms with Crippen LogP contribution < -0.4 is 11.1 Å². The summed E-state index contributed by atoms with van der Waals surface area (Å²) in [5.41, 5.74) is 2.48. The van der Waals surface area contributed by atoms with Crippen LogP contribution in [0.25, 0.3) is 6.08 Å². The summed E-state index contributed by atoms with van der Waals surface area (Å²) in [6, 6.07) is 2.08. The predicted molar refractivity (Wildman–Crippen MR) is 150 cm³/mol. The fourth-order valence-corrected chi connectivity index (χ4v) is 6.68. The van der Waals surface area contributed by atoms with Crippen molar-refractivity contribution in [1.82, 2.24) is 10.2 Å². The normalized spacial score (nSPS) is 29.9. The molecule has 3 aliphatic rings. The Hall–Kier alpha value is -3.96. The number of aromatic hydroxyl groups is 1. The number of fused-ring (bicyclic) bond motifs is 3. The van der Waals surface area contributed by atoms with Gasteiger partial charge in [0.1, 0.15) is 22.8 Å². The van der Waals surface area contributed by atoms with Crippen molar-refractivity contribution < 1.29 is 39.6 Å². The van der Waals surface area contributed by atoms with Gasteiger partial charge in [-0.15, -0.1) is 0 Å². The second-order valence-electron chi connectivity index (χ2n) is 12.5. The average molecular weight is 568 g/mol. The SMILES string of the molecule is C[C@H]1c2ccc(/C=C\C(=O)NC(C)(C)C)c(O)c2C(=O)C2=C(O)[C@@]3(C)C(=O)C(C(N)=O)=C(O)[C@@H](N(C)C)[C@@H]3[C@@H](O)[C@@H]21. The van der Waals surface area contributed by atoms with Crippen LogP contribution in [0.15, 0.2) is 40.9 Å². The van der Waals surface area contributed by atoms with Crippen molar-refractivity contribution in [2.75, 3.05) is 14.1 Å². The zero-order valence-electron chi connectivity index (χ0n) is 24.1. The van der Waals surface area contributed by atoms with E-state index in [1.807, 2.05) is 20.8 Å². The average Bonchev–Trinajstić information content (AvgIpc) is 2.84. The molecule has 6 atom stereocenters. The molecule has 0 bridgehead atoms. The molecule has 0 saturated heterocycles. The molecule has 4 rings (SSSR count). The lowest BCUT2D eigenvalue weighted by molar-refractivity contribution is -0.142. The van der Waals surface area contributed by atoms with E-state index in [4.69, 9.17) is 5.73 Å².